The third-order valence-corrected chi connectivity index (χ3v) is 4.77. The van der Waals surface area contributed by atoms with E-state index in [1.54, 1.807) is 0 Å². The Morgan fingerprint density at radius 2 is 2.16 bits per heavy atom. The summed E-state index contributed by atoms with van der Waals surface area (Å²) in [6.45, 7) is 7.28. The summed E-state index contributed by atoms with van der Waals surface area (Å²) in [7, 11) is 0. The number of nitrogens with zero attached hydrogens (tertiary/aromatic N) is 4. The maximum absolute atomic E-state index is 9.52. The minimum absolute atomic E-state index is 0.414. The first kappa shape index (κ1) is 14.1. The maximum Gasteiger partial charge on any atom is 0.169 e. The average Bonchev–Trinajstić information content (AvgIpc) is 2.46. The fourth-order valence-corrected chi connectivity index (χ4v) is 3.54. The Morgan fingerprint density at radius 3 is 2.74 bits per heavy atom. The van der Waals surface area contributed by atoms with E-state index in [4.69, 9.17) is 0 Å². The highest BCUT2D eigenvalue weighted by Gasteiger charge is 2.25. The highest BCUT2D eigenvalue weighted by molar-refractivity contribution is 7.99. The molecule has 1 unspecified atom stereocenters. The molecule has 1 aromatic heterocycles. The van der Waals surface area contributed by atoms with Crippen LogP contribution < -0.4 is 4.90 Å². The molecular weight excluding hydrogens is 256 g/mol. The first-order valence-corrected chi connectivity index (χ1v) is 8.01. The number of hydrogen-bond donors (Lipinski definition) is 0. The van der Waals surface area contributed by atoms with E-state index in [0.717, 1.165) is 53.5 Å². The Morgan fingerprint density at radius 1 is 1.37 bits per heavy atom. The first-order valence-electron chi connectivity index (χ1n) is 6.85. The van der Waals surface area contributed by atoms with E-state index in [0.29, 0.717) is 6.04 Å². The Labute approximate surface area is 119 Å². The van der Waals surface area contributed by atoms with E-state index < -0.39 is 0 Å². The molecule has 5 heteroatoms. The summed E-state index contributed by atoms with van der Waals surface area (Å²) in [6.07, 6.45) is 1.67. The molecule has 0 N–H and O–H groups in total. The molecule has 0 amide bonds. The van der Waals surface area contributed by atoms with Gasteiger partial charge in [-0.1, -0.05) is 13.8 Å². The zero-order valence-corrected chi connectivity index (χ0v) is 12.6. The molecule has 0 bridgehead atoms. The van der Waals surface area contributed by atoms with Gasteiger partial charge in [-0.2, -0.15) is 22.1 Å². The van der Waals surface area contributed by atoms with Crippen LogP contribution in [-0.2, 0) is 12.8 Å². The van der Waals surface area contributed by atoms with Gasteiger partial charge in [0.25, 0.3) is 0 Å². The maximum atomic E-state index is 9.52. The minimum Gasteiger partial charge on any atom is -0.350 e. The Bertz CT molecular complexity index is 495. The molecule has 1 fully saturated rings. The highest BCUT2D eigenvalue weighted by atomic mass is 32.2. The summed E-state index contributed by atoms with van der Waals surface area (Å²) in [5.41, 5.74) is 2.76. The third kappa shape index (κ3) is 2.69. The van der Waals surface area contributed by atoms with E-state index >= 15 is 0 Å². The second-order valence-electron chi connectivity index (χ2n) is 4.76. The second-order valence-corrected chi connectivity index (χ2v) is 5.91. The smallest absolute Gasteiger partial charge is 0.169 e. The largest absolute Gasteiger partial charge is 0.350 e. The van der Waals surface area contributed by atoms with Crippen molar-refractivity contribution in [3.8, 4) is 6.07 Å². The van der Waals surface area contributed by atoms with Gasteiger partial charge >= 0.3 is 0 Å². The fraction of sp³-hybridized carbons (Fsp3) is 0.643. The molecule has 1 aliphatic heterocycles. The molecular formula is C14H20N4S. The molecule has 1 atom stereocenters. The van der Waals surface area contributed by atoms with Gasteiger partial charge in [0.2, 0.25) is 0 Å². The van der Waals surface area contributed by atoms with Crippen LogP contribution in [-0.4, -0.2) is 34.3 Å². The normalized spacial score (nSPS) is 19.3. The lowest BCUT2D eigenvalue weighted by atomic mass is 10.0. The van der Waals surface area contributed by atoms with Crippen LogP contribution in [0.25, 0.3) is 0 Å². The molecule has 0 saturated carbocycles. The summed E-state index contributed by atoms with van der Waals surface area (Å²) in [4.78, 5) is 2.24. The molecule has 1 aliphatic rings. The summed E-state index contributed by atoms with van der Waals surface area (Å²) in [5.74, 6) is 2.96. The van der Waals surface area contributed by atoms with Crippen molar-refractivity contribution in [1.82, 2.24) is 10.2 Å². The topological polar surface area (TPSA) is 52.8 Å². The Balaban J connectivity index is 2.48. The molecule has 102 valence electrons. The van der Waals surface area contributed by atoms with Crippen molar-refractivity contribution in [2.24, 2.45) is 0 Å². The van der Waals surface area contributed by atoms with Crippen molar-refractivity contribution in [3.63, 3.8) is 0 Å². The number of anilines is 1. The Hall–Kier alpha value is -1.28. The van der Waals surface area contributed by atoms with Crippen LogP contribution in [0, 0.1) is 11.3 Å². The Kier molecular flexibility index (Phi) is 4.65. The van der Waals surface area contributed by atoms with Gasteiger partial charge in [0.1, 0.15) is 11.6 Å². The number of aryl methyl sites for hydroxylation is 1. The van der Waals surface area contributed by atoms with Gasteiger partial charge in [-0.05, 0) is 25.3 Å². The van der Waals surface area contributed by atoms with E-state index in [2.05, 4.69) is 41.9 Å². The second kappa shape index (κ2) is 6.25. The summed E-state index contributed by atoms with van der Waals surface area (Å²) >= 11 is 1.96. The first-order chi connectivity index (χ1) is 9.22. The number of nitriles is 1. The highest BCUT2D eigenvalue weighted by Crippen LogP contribution is 2.27. The van der Waals surface area contributed by atoms with Crippen molar-refractivity contribution in [3.05, 3.63) is 16.8 Å². The monoisotopic (exact) mass is 276 g/mol. The predicted octanol–water partition coefficient (Wildman–Crippen LogP) is 2.41. The molecule has 0 aromatic carbocycles. The van der Waals surface area contributed by atoms with Gasteiger partial charge in [0.15, 0.2) is 5.82 Å². The summed E-state index contributed by atoms with van der Waals surface area (Å²) < 4.78 is 0. The van der Waals surface area contributed by atoms with Crippen molar-refractivity contribution in [1.29, 1.82) is 5.26 Å². The number of hydrogen-bond acceptors (Lipinski definition) is 5. The lowest BCUT2D eigenvalue weighted by Crippen LogP contribution is -2.41. The van der Waals surface area contributed by atoms with E-state index in [1.165, 1.54) is 0 Å². The fourth-order valence-electron chi connectivity index (χ4n) is 2.52. The van der Waals surface area contributed by atoms with Gasteiger partial charge in [-0.15, -0.1) is 5.10 Å². The van der Waals surface area contributed by atoms with Crippen LogP contribution in [0.15, 0.2) is 0 Å². The molecule has 0 radical (unpaired) electrons. The average molecular weight is 276 g/mol. The number of thioether (sulfide) groups is 1. The van der Waals surface area contributed by atoms with Gasteiger partial charge < -0.3 is 4.90 Å². The zero-order valence-electron chi connectivity index (χ0n) is 11.8. The van der Waals surface area contributed by atoms with Crippen LogP contribution in [0.2, 0.25) is 0 Å². The van der Waals surface area contributed by atoms with Crippen LogP contribution in [0.1, 0.15) is 37.6 Å². The molecule has 2 rings (SSSR count). The molecule has 0 aliphatic carbocycles. The molecule has 2 heterocycles. The quantitative estimate of drug-likeness (QED) is 0.848. The van der Waals surface area contributed by atoms with E-state index in [-0.39, 0.29) is 0 Å². The molecule has 1 aromatic rings. The number of rotatable bonds is 3. The van der Waals surface area contributed by atoms with Crippen LogP contribution in [0.3, 0.4) is 0 Å². The predicted molar refractivity (Wildman–Crippen MR) is 79.6 cm³/mol. The van der Waals surface area contributed by atoms with E-state index in [1.807, 2.05) is 11.8 Å². The minimum atomic E-state index is 0.414. The zero-order chi connectivity index (χ0) is 13.8. The van der Waals surface area contributed by atoms with E-state index in [9.17, 15) is 5.26 Å². The molecule has 0 spiro atoms. The standard InChI is InChI=1S/C14H20N4S/c1-4-11-12(8-15)14(17-16-13(11)5-2)18-6-7-19-9-10(18)3/h10H,4-7,9H2,1-3H3. The SMILES string of the molecule is CCc1nnc(N2CCSCC2C)c(C#N)c1CC. The van der Waals surface area contributed by atoms with Crippen LogP contribution >= 0.6 is 11.8 Å². The lowest BCUT2D eigenvalue weighted by molar-refractivity contribution is 0.676. The third-order valence-electron chi connectivity index (χ3n) is 3.58. The molecule has 4 nitrogen and oxygen atoms in total. The molecule has 19 heavy (non-hydrogen) atoms. The van der Waals surface area contributed by atoms with Crippen LogP contribution in [0.5, 0.6) is 0 Å². The van der Waals surface area contributed by atoms with Crippen molar-refractivity contribution in [2.45, 2.75) is 39.7 Å². The summed E-state index contributed by atoms with van der Waals surface area (Å²) in [5, 5.41) is 18.2. The van der Waals surface area contributed by atoms with Crippen molar-refractivity contribution >= 4 is 17.6 Å². The molecule has 1 saturated heterocycles. The van der Waals surface area contributed by atoms with Gasteiger partial charge in [0.05, 0.1) is 5.69 Å². The lowest BCUT2D eigenvalue weighted by Gasteiger charge is -2.34. The van der Waals surface area contributed by atoms with Gasteiger partial charge in [0, 0.05) is 24.1 Å². The van der Waals surface area contributed by atoms with Gasteiger partial charge in [-0.25, -0.2) is 0 Å². The van der Waals surface area contributed by atoms with Crippen LogP contribution in [0.4, 0.5) is 5.82 Å². The summed E-state index contributed by atoms with van der Waals surface area (Å²) in [6, 6.07) is 2.77. The van der Waals surface area contributed by atoms with Crippen molar-refractivity contribution < 1.29 is 0 Å². The number of aromatic nitrogens is 2. The van der Waals surface area contributed by atoms with Crippen molar-refractivity contribution in [2.75, 3.05) is 23.0 Å². The van der Waals surface area contributed by atoms with Gasteiger partial charge in [-0.3, -0.25) is 0 Å².